The molecular weight excluding hydrogens is 837 g/mol. The van der Waals surface area contributed by atoms with Gasteiger partial charge in [0.1, 0.15) is 23.1 Å². The Balaban J connectivity index is 0.689. The number of likely N-dealkylation sites (tertiary alicyclic amines) is 1. The number of piperidine rings is 3. The molecule has 6 aromatic rings. The van der Waals surface area contributed by atoms with E-state index < -0.39 is 24.1 Å². The van der Waals surface area contributed by atoms with Crippen molar-refractivity contribution in [3.8, 4) is 0 Å². The first-order valence-electron chi connectivity index (χ1n) is 23.2. The average molecular weight is 892 g/mol. The molecule has 0 radical (unpaired) electrons. The van der Waals surface area contributed by atoms with Gasteiger partial charge in [0.2, 0.25) is 11.8 Å². The minimum atomic E-state index is -2.86. The lowest BCUT2D eigenvalue weighted by Crippen LogP contribution is -2.41. The van der Waals surface area contributed by atoms with Crippen LogP contribution in [0.2, 0.25) is 0 Å². The zero-order chi connectivity index (χ0) is 44.6. The van der Waals surface area contributed by atoms with E-state index in [0.29, 0.717) is 62.8 Å². The number of halogens is 2. The number of benzene rings is 1. The van der Waals surface area contributed by atoms with Crippen LogP contribution in [0.25, 0.3) is 27.6 Å². The summed E-state index contributed by atoms with van der Waals surface area (Å²) in [6.45, 7) is 4.89. The maximum absolute atomic E-state index is 14.3. The van der Waals surface area contributed by atoms with E-state index in [1.807, 2.05) is 33.7 Å². The molecule has 10 rings (SSSR count). The summed E-state index contributed by atoms with van der Waals surface area (Å²) in [6, 6.07) is 11.5. The van der Waals surface area contributed by atoms with Gasteiger partial charge in [0.05, 0.1) is 35.7 Å². The highest BCUT2D eigenvalue weighted by atomic mass is 19.3. The third kappa shape index (κ3) is 8.95. The summed E-state index contributed by atoms with van der Waals surface area (Å²) >= 11 is 0. The second kappa shape index (κ2) is 18.6. The summed E-state index contributed by atoms with van der Waals surface area (Å²) in [6.07, 6.45) is 12.6. The maximum Gasteiger partial charge on any atom is 0.284 e. The Morgan fingerprint density at radius 3 is 2.55 bits per heavy atom. The molecule has 65 heavy (non-hydrogen) atoms. The topological polar surface area (TPSA) is 177 Å². The Labute approximate surface area is 374 Å². The Kier molecular flexibility index (Phi) is 12.3. The number of aryl methyl sites for hydroxylation is 1. The second-order valence-electron chi connectivity index (χ2n) is 18.2. The van der Waals surface area contributed by atoms with Crippen LogP contribution in [0.5, 0.6) is 0 Å². The van der Waals surface area contributed by atoms with Crippen molar-refractivity contribution in [2.24, 2.45) is 5.92 Å². The molecule has 8 heterocycles. The highest BCUT2D eigenvalue weighted by molar-refractivity contribution is 6.10. The normalized spacial score (nSPS) is 21.8. The predicted octanol–water partition coefficient (Wildman–Crippen LogP) is 6.40. The minimum absolute atomic E-state index is 0.0111. The molecule has 1 atom stereocenters. The van der Waals surface area contributed by atoms with Crippen molar-refractivity contribution in [2.75, 3.05) is 49.5 Å². The number of pyridine rings is 1. The fourth-order valence-corrected chi connectivity index (χ4v) is 10.5. The third-order valence-electron chi connectivity index (χ3n) is 14.0. The summed E-state index contributed by atoms with van der Waals surface area (Å²) in [5.41, 5.74) is 2.93. The van der Waals surface area contributed by atoms with Gasteiger partial charge in [0.25, 0.3) is 12.3 Å². The van der Waals surface area contributed by atoms with Gasteiger partial charge in [-0.05, 0) is 106 Å². The number of carbonyl (C=O) groups is 3. The number of ether oxygens (including phenoxy) is 1. The van der Waals surface area contributed by atoms with Crippen LogP contribution in [0, 0.1) is 5.92 Å². The van der Waals surface area contributed by atoms with Gasteiger partial charge in [-0.15, -0.1) is 0 Å². The van der Waals surface area contributed by atoms with E-state index in [1.54, 1.807) is 23.3 Å². The molecule has 3 N–H and O–H groups in total. The first-order valence-corrected chi connectivity index (χ1v) is 23.2. The van der Waals surface area contributed by atoms with E-state index in [9.17, 15) is 28.3 Å². The van der Waals surface area contributed by atoms with Gasteiger partial charge in [-0.1, -0.05) is 12.1 Å². The van der Waals surface area contributed by atoms with Gasteiger partial charge in [0.15, 0.2) is 11.3 Å². The fourth-order valence-electron chi connectivity index (χ4n) is 10.5. The lowest BCUT2D eigenvalue weighted by molar-refractivity contribution is -0.135. The minimum Gasteiger partial charge on any atom is -0.393 e. The van der Waals surface area contributed by atoms with Crippen LogP contribution in [0.1, 0.15) is 111 Å². The number of hydrogen-bond donors (Lipinski definition) is 3. The number of aliphatic hydroxyl groups excluding tert-OH is 1. The molecule has 4 fully saturated rings. The van der Waals surface area contributed by atoms with Crippen molar-refractivity contribution >= 4 is 56.8 Å². The molecule has 1 unspecified atom stereocenters. The highest BCUT2D eigenvalue weighted by Crippen LogP contribution is 2.38. The SMILES string of the molecule is O=C1CCC(n2c3cccc(CCCOC4CCN(C[C@H]5CC[C@H](n6cc(NC(=O)c7cnn8ccc(N9CCC(O)CC9)nc78)c(C(F)F)n6)CC5)CC4)c3c3cccnc32)C(=O)N1. The van der Waals surface area contributed by atoms with Gasteiger partial charge in [-0.2, -0.15) is 10.2 Å². The average Bonchev–Trinajstić information content (AvgIpc) is 4.03. The number of hydrogen-bond acceptors (Lipinski definition) is 11. The molecular formula is C47H55F2N11O5. The standard InChI is InChI=1S/C47H55F2N11O5/c48-43(49)42-36(52-46(63)35-26-51-58-24-18-39(53-45(35)58)57-22-14-32(61)15-23-57)28-59(55-42)31-10-8-29(9-11-31)27-56-20-16-33(17-21-56)65-25-3-5-30-4-1-7-37-41(30)34-6-2-19-50-44(34)60(37)38-12-13-40(62)54-47(38)64/h1-2,4,6-7,18-19,24,26,28-29,31-33,38,43,61H,3,5,8-17,20-23,25,27H2,(H,52,63)(H,54,62,64)/t29-,31-,38?. The van der Waals surface area contributed by atoms with Crippen molar-refractivity contribution in [1.82, 2.24) is 44.1 Å². The number of aliphatic hydroxyl groups is 1. The van der Waals surface area contributed by atoms with Crippen LogP contribution in [0.15, 0.2) is 61.2 Å². The van der Waals surface area contributed by atoms with Crippen molar-refractivity contribution < 1.29 is 33.0 Å². The fraction of sp³-hybridized carbons (Fsp3) is 0.511. The van der Waals surface area contributed by atoms with Crippen LogP contribution < -0.4 is 15.5 Å². The van der Waals surface area contributed by atoms with Crippen molar-refractivity contribution in [3.63, 3.8) is 0 Å². The Morgan fingerprint density at radius 1 is 0.954 bits per heavy atom. The maximum atomic E-state index is 14.3. The number of alkyl halides is 2. The van der Waals surface area contributed by atoms with E-state index in [-0.39, 0.29) is 41.3 Å². The van der Waals surface area contributed by atoms with Gasteiger partial charge < -0.3 is 29.5 Å². The smallest absolute Gasteiger partial charge is 0.284 e. The van der Waals surface area contributed by atoms with Crippen LogP contribution in [-0.2, 0) is 20.7 Å². The van der Waals surface area contributed by atoms with E-state index in [4.69, 9.17) is 4.74 Å². The molecule has 3 amide bonds. The summed E-state index contributed by atoms with van der Waals surface area (Å²) in [7, 11) is 0. The molecule has 3 aliphatic heterocycles. The van der Waals surface area contributed by atoms with Crippen LogP contribution in [-0.4, -0.2) is 113 Å². The molecule has 1 aromatic carbocycles. The lowest BCUT2D eigenvalue weighted by Gasteiger charge is -2.36. The highest BCUT2D eigenvalue weighted by Gasteiger charge is 2.33. The number of rotatable bonds is 13. The molecule has 1 aliphatic carbocycles. The van der Waals surface area contributed by atoms with E-state index >= 15 is 0 Å². The Morgan fingerprint density at radius 2 is 1.77 bits per heavy atom. The first kappa shape index (κ1) is 43.1. The zero-order valence-corrected chi connectivity index (χ0v) is 36.3. The molecule has 5 aromatic heterocycles. The quantitative estimate of drug-likeness (QED) is 0.0864. The zero-order valence-electron chi connectivity index (χ0n) is 36.3. The Bertz CT molecular complexity index is 2690. The molecule has 16 nitrogen and oxygen atoms in total. The van der Waals surface area contributed by atoms with Gasteiger partial charge in [-0.3, -0.25) is 24.4 Å². The number of nitrogens with one attached hydrogen (secondary N) is 2. The summed E-state index contributed by atoms with van der Waals surface area (Å²) in [5, 5.41) is 25.8. The lowest BCUT2D eigenvalue weighted by atomic mass is 9.85. The second-order valence-corrected chi connectivity index (χ2v) is 18.2. The molecule has 4 aliphatic rings. The van der Waals surface area contributed by atoms with Gasteiger partial charge >= 0.3 is 0 Å². The van der Waals surface area contributed by atoms with Crippen LogP contribution >= 0.6 is 0 Å². The van der Waals surface area contributed by atoms with E-state index in [1.165, 1.54) is 16.3 Å². The molecule has 3 saturated heterocycles. The largest absolute Gasteiger partial charge is 0.393 e. The van der Waals surface area contributed by atoms with Crippen molar-refractivity contribution in [3.05, 3.63) is 78.0 Å². The third-order valence-corrected chi connectivity index (χ3v) is 14.0. The number of amides is 3. The van der Waals surface area contributed by atoms with Crippen LogP contribution in [0.4, 0.5) is 20.3 Å². The predicted molar refractivity (Wildman–Crippen MR) is 239 cm³/mol. The first-order chi connectivity index (χ1) is 31.7. The van der Waals surface area contributed by atoms with Crippen LogP contribution in [0.3, 0.4) is 0 Å². The molecule has 342 valence electrons. The van der Waals surface area contributed by atoms with Gasteiger partial charge in [-0.25, -0.2) is 23.3 Å². The van der Waals surface area contributed by atoms with Crippen molar-refractivity contribution in [1.29, 1.82) is 0 Å². The van der Waals surface area contributed by atoms with E-state index in [0.717, 1.165) is 92.9 Å². The molecule has 0 bridgehead atoms. The van der Waals surface area contributed by atoms with Crippen molar-refractivity contribution in [2.45, 2.75) is 108 Å². The van der Waals surface area contributed by atoms with Gasteiger partial charge in [0, 0.05) is 75.1 Å². The molecule has 0 spiro atoms. The Hall–Kier alpha value is -5.85. The number of carbonyl (C=O) groups excluding carboxylic acids is 3. The number of nitrogens with zero attached hydrogens (tertiary/aromatic N) is 9. The molecule has 1 saturated carbocycles. The molecule has 18 heteroatoms. The summed E-state index contributed by atoms with van der Waals surface area (Å²) in [4.78, 5) is 52.3. The number of imide groups is 1. The van der Waals surface area contributed by atoms with E-state index in [2.05, 4.69) is 47.8 Å². The number of anilines is 2. The summed E-state index contributed by atoms with van der Waals surface area (Å²) in [5.74, 6) is 0.0680. The number of aromatic nitrogens is 7. The number of fused-ring (bicyclic) bond motifs is 4. The monoisotopic (exact) mass is 891 g/mol. The summed E-state index contributed by atoms with van der Waals surface area (Å²) < 4.78 is 40.1.